The van der Waals surface area contributed by atoms with Gasteiger partial charge in [-0.2, -0.15) is 4.98 Å². The van der Waals surface area contributed by atoms with Crippen molar-refractivity contribution in [2.24, 2.45) is 0 Å². The minimum absolute atomic E-state index is 0.0707. The predicted molar refractivity (Wildman–Crippen MR) is 79.1 cm³/mol. The molecule has 1 fully saturated rings. The smallest absolute Gasteiger partial charge is 0.407 e. The summed E-state index contributed by atoms with van der Waals surface area (Å²) in [6.45, 7) is 1.07. The van der Waals surface area contributed by atoms with Crippen molar-refractivity contribution in [3.05, 3.63) is 22.6 Å². The molecule has 0 bridgehead atoms. The molecule has 7 nitrogen and oxygen atoms in total. The van der Waals surface area contributed by atoms with Crippen molar-refractivity contribution in [3.8, 4) is 0 Å². The number of nitrogens with zero attached hydrogens (tertiary/aromatic N) is 5. The number of fused-ring (bicyclic) bond motifs is 1. The molecule has 1 N–H and O–H groups in total. The van der Waals surface area contributed by atoms with Crippen LogP contribution in [-0.4, -0.2) is 57.2 Å². The van der Waals surface area contributed by atoms with Gasteiger partial charge in [-0.15, -0.1) is 0 Å². The van der Waals surface area contributed by atoms with Gasteiger partial charge in [-0.25, -0.2) is 14.8 Å². The largest absolute Gasteiger partial charge is 0.465 e. The predicted octanol–water partition coefficient (Wildman–Crippen LogP) is 2.13. The zero-order valence-electron chi connectivity index (χ0n) is 11.0. The topological polar surface area (TPSA) is 82.5 Å². The van der Waals surface area contributed by atoms with Gasteiger partial charge in [0.05, 0.1) is 16.6 Å². The number of hydrogen-bond acceptors (Lipinski definition) is 5. The average molecular weight is 328 g/mol. The second kappa shape index (κ2) is 5.16. The Bertz CT molecular complexity index is 715. The van der Waals surface area contributed by atoms with Crippen molar-refractivity contribution in [3.63, 3.8) is 0 Å². The van der Waals surface area contributed by atoms with Crippen LogP contribution in [0.4, 0.5) is 10.6 Å². The van der Waals surface area contributed by atoms with Gasteiger partial charge in [0, 0.05) is 26.3 Å². The molecule has 2 aromatic rings. The number of amides is 1. The van der Waals surface area contributed by atoms with Crippen LogP contribution in [0.2, 0.25) is 10.3 Å². The van der Waals surface area contributed by atoms with Crippen molar-refractivity contribution >= 4 is 46.1 Å². The Morgan fingerprint density at radius 2 is 2.14 bits per heavy atom. The van der Waals surface area contributed by atoms with Gasteiger partial charge in [-0.1, -0.05) is 11.6 Å². The van der Waals surface area contributed by atoms with E-state index in [9.17, 15) is 4.79 Å². The molecular weight excluding hydrogens is 317 g/mol. The summed E-state index contributed by atoms with van der Waals surface area (Å²) < 4.78 is 0. The summed E-state index contributed by atoms with van der Waals surface area (Å²) in [6, 6.07) is 1.60. The second-order valence-corrected chi connectivity index (χ2v) is 5.56. The highest BCUT2D eigenvalue weighted by Crippen LogP contribution is 2.29. The van der Waals surface area contributed by atoms with E-state index in [2.05, 4.69) is 15.0 Å². The lowest BCUT2D eigenvalue weighted by atomic mass is 10.1. The highest BCUT2D eigenvalue weighted by Gasteiger charge is 2.34. The second-order valence-electron chi connectivity index (χ2n) is 4.79. The van der Waals surface area contributed by atoms with E-state index in [0.29, 0.717) is 35.0 Å². The lowest BCUT2D eigenvalue weighted by Gasteiger charge is -2.43. The molecule has 0 atom stereocenters. The molecule has 9 heteroatoms. The zero-order valence-corrected chi connectivity index (χ0v) is 12.5. The average Bonchev–Trinajstić information content (AvgIpc) is 2.35. The van der Waals surface area contributed by atoms with Gasteiger partial charge < -0.3 is 14.9 Å². The summed E-state index contributed by atoms with van der Waals surface area (Å²) in [5.74, 6) is 0.594. The maximum atomic E-state index is 10.9. The monoisotopic (exact) mass is 327 g/mol. The van der Waals surface area contributed by atoms with Crippen LogP contribution < -0.4 is 4.90 Å². The molecule has 3 rings (SSSR count). The number of halogens is 2. The Hall–Kier alpha value is -1.86. The third-order valence-electron chi connectivity index (χ3n) is 3.47. The van der Waals surface area contributed by atoms with Crippen LogP contribution in [0, 0.1) is 0 Å². The van der Waals surface area contributed by atoms with Gasteiger partial charge in [0.25, 0.3) is 0 Å². The van der Waals surface area contributed by atoms with Gasteiger partial charge in [-0.3, -0.25) is 0 Å². The van der Waals surface area contributed by atoms with Crippen LogP contribution in [-0.2, 0) is 0 Å². The van der Waals surface area contributed by atoms with E-state index in [1.807, 2.05) is 4.90 Å². The van der Waals surface area contributed by atoms with Crippen LogP contribution in [0.3, 0.4) is 0 Å². The number of aromatic nitrogens is 3. The number of rotatable bonds is 2. The molecule has 21 heavy (non-hydrogen) atoms. The first-order valence-electron chi connectivity index (χ1n) is 6.15. The highest BCUT2D eigenvalue weighted by atomic mass is 35.5. The van der Waals surface area contributed by atoms with E-state index in [0.717, 1.165) is 0 Å². The minimum Gasteiger partial charge on any atom is -0.465 e. The molecule has 2 aromatic heterocycles. The maximum Gasteiger partial charge on any atom is 0.407 e. The van der Waals surface area contributed by atoms with E-state index in [1.54, 1.807) is 13.1 Å². The third-order valence-corrected chi connectivity index (χ3v) is 3.84. The first-order valence-corrected chi connectivity index (χ1v) is 6.91. The number of hydrogen-bond donors (Lipinski definition) is 1. The Morgan fingerprint density at radius 3 is 2.81 bits per heavy atom. The summed E-state index contributed by atoms with van der Waals surface area (Å²) in [5.41, 5.74) is 1.16. The molecule has 1 saturated heterocycles. The highest BCUT2D eigenvalue weighted by molar-refractivity contribution is 6.31. The van der Waals surface area contributed by atoms with E-state index in [-0.39, 0.29) is 11.3 Å². The number of likely N-dealkylation sites (N-methyl/N-ethyl adjacent to an activating group) is 1. The third kappa shape index (κ3) is 2.54. The van der Waals surface area contributed by atoms with E-state index >= 15 is 0 Å². The lowest BCUT2D eigenvalue weighted by molar-refractivity contribution is 0.130. The molecule has 3 heterocycles. The van der Waals surface area contributed by atoms with Crippen LogP contribution in [0.15, 0.2) is 12.3 Å². The van der Waals surface area contributed by atoms with E-state index < -0.39 is 6.09 Å². The van der Waals surface area contributed by atoms with E-state index in [4.69, 9.17) is 28.3 Å². The zero-order chi connectivity index (χ0) is 15.1. The fourth-order valence-electron chi connectivity index (χ4n) is 2.20. The Labute approximate surface area is 130 Å². The fourth-order valence-corrected chi connectivity index (χ4v) is 2.52. The SMILES string of the molecule is CN(C(=O)O)C1CN(c2nc(Cl)nc3cc(Cl)cnc23)C1. The quantitative estimate of drug-likeness (QED) is 0.851. The lowest BCUT2D eigenvalue weighted by Crippen LogP contribution is -2.60. The standard InChI is InChI=1S/C12H11Cl2N5O2/c1-18(12(20)21)7-4-19(5-7)10-9-8(16-11(14)17-10)2-6(13)3-15-9/h2-3,7H,4-5H2,1H3,(H,20,21). The van der Waals surface area contributed by atoms with Crippen molar-refractivity contribution in [2.45, 2.75) is 6.04 Å². The van der Waals surface area contributed by atoms with Crippen molar-refractivity contribution in [2.75, 3.05) is 25.0 Å². The Balaban J connectivity index is 1.90. The summed E-state index contributed by atoms with van der Waals surface area (Å²) in [4.78, 5) is 26.7. The Kier molecular flexibility index (Phi) is 3.46. The molecule has 1 aliphatic heterocycles. The summed E-state index contributed by atoms with van der Waals surface area (Å²) >= 11 is 11.8. The molecular formula is C12H11Cl2N5O2. The summed E-state index contributed by atoms with van der Waals surface area (Å²) in [7, 11) is 1.55. The van der Waals surface area contributed by atoms with Gasteiger partial charge in [0.2, 0.25) is 5.28 Å². The normalized spacial score (nSPS) is 15.1. The molecule has 0 unspecified atom stereocenters. The number of anilines is 1. The van der Waals surface area contributed by atoms with E-state index in [1.165, 1.54) is 11.1 Å². The summed E-state index contributed by atoms with van der Waals surface area (Å²) in [5, 5.41) is 9.53. The van der Waals surface area contributed by atoms with Gasteiger partial charge in [0.1, 0.15) is 5.52 Å². The van der Waals surface area contributed by atoms with Gasteiger partial charge in [0.15, 0.2) is 5.82 Å². The molecule has 1 amide bonds. The molecule has 1 aliphatic rings. The van der Waals surface area contributed by atoms with Crippen LogP contribution in [0.25, 0.3) is 11.0 Å². The number of carboxylic acid groups (broad SMARTS) is 1. The minimum atomic E-state index is -0.949. The number of carbonyl (C=O) groups is 1. The first kappa shape index (κ1) is 14.1. The molecule has 0 aliphatic carbocycles. The van der Waals surface area contributed by atoms with Crippen LogP contribution in [0.1, 0.15) is 0 Å². The molecule has 0 spiro atoms. The molecule has 0 aromatic carbocycles. The van der Waals surface area contributed by atoms with Gasteiger partial charge >= 0.3 is 6.09 Å². The molecule has 0 saturated carbocycles. The van der Waals surface area contributed by atoms with Crippen molar-refractivity contribution in [1.29, 1.82) is 0 Å². The van der Waals surface area contributed by atoms with Crippen LogP contribution in [0.5, 0.6) is 0 Å². The first-order chi connectivity index (χ1) is 9.95. The van der Waals surface area contributed by atoms with Crippen LogP contribution >= 0.6 is 23.2 Å². The molecule has 110 valence electrons. The molecule has 0 radical (unpaired) electrons. The maximum absolute atomic E-state index is 10.9. The Morgan fingerprint density at radius 1 is 1.43 bits per heavy atom. The fraction of sp³-hybridized carbons (Fsp3) is 0.333. The number of pyridine rings is 1. The summed E-state index contributed by atoms with van der Waals surface area (Å²) in [6.07, 6.45) is 0.570. The van der Waals surface area contributed by atoms with Crippen molar-refractivity contribution < 1.29 is 9.90 Å². The van der Waals surface area contributed by atoms with Gasteiger partial charge in [-0.05, 0) is 17.7 Å². The van der Waals surface area contributed by atoms with Crippen molar-refractivity contribution in [1.82, 2.24) is 19.9 Å².